The van der Waals surface area contributed by atoms with Crippen molar-refractivity contribution in [2.75, 3.05) is 32.8 Å². The summed E-state index contributed by atoms with van der Waals surface area (Å²) >= 11 is 0. The normalized spacial score (nSPS) is 27.5. The highest BCUT2D eigenvalue weighted by Gasteiger charge is 2.50. The van der Waals surface area contributed by atoms with Crippen LogP contribution in [0.5, 0.6) is 0 Å². The molecule has 0 N–H and O–H groups in total. The van der Waals surface area contributed by atoms with Gasteiger partial charge in [0.25, 0.3) is 0 Å². The number of piperazine rings is 1. The quantitative estimate of drug-likeness (QED) is 0.741. The van der Waals surface area contributed by atoms with Crippen LogP contribution >= 0.6 is 0 Å². The van der Waals surface area contributed by atoms with Gasteiger partial charge in [-0.1, -0.05) is 49.2 Å². The van der Waals surface area contributed by atoms with Gasteiger partial charge in [0.2, 0.25) is 0 Å². The van der Waals surface area contributed by atoms with Crippen LogP contribution in [0.15, 0.2) is 54.9 Å². The van der Waals surface area contributed by atoms with Gasteiger partial charge in [-0.3, -0.25) is 14.8 Å². The molecular formula is C26H35N3O. The van der Waals surface area contributed by atoms with Crippen molar-refractivity contribution >= 4 is 0 Å². The Bertz CT molecular complexity index is 798. The van der Waals surface area contributed by atoms with E-state index in [2.05, 4.69) is 51.2 Å². The molecule has 160 valence electrons. The number of pyridine rings is 1. The van der Waals surface area contributed by atoms with Gasteiger partial charge in [-0.25, -0.2) is 0 Å². The standard InChI is InChI=1S/C26H35N3O/c1-2-7-23(8-3-1)19-25(12-18-30-26(22-25)10-4-5-11-26)29-16-14-28(15-17-29)21-24-9-6-13-27-20-24/h1-3,6-9,13,20H,4-5,10-12,14-19,21-22H2. The van der Waals surface area contributed by atoms with Crippen molar-refractivity contribution in [1.29, 1.82) is 0 Å². The van der Waals surface area contributed by atoms with Crippen molar-refractivity contribution in [3.8, 4) is 0 Å². The molecule has 5 rings (SSSR count). The lowest BCUT2D eigenvalue weighted by molar-refractivity contribution is -0.141. The molecule has 1 aromatic carbocycles. The fourth-order valence-corrected chi connectivity index (χ4v) is 6.18. The third-order valence-corrected chi connectivity index (χ3v) is 7.69. The van der Waals surface area contributed by atoms with E-state index in [-0.39, 0.29) is 11.1 Å². The van der Waals surface area contributed by atoms with E-state index in [1.54, 1.807) is 0 Å². The van der Waals surface area contributed by atoms with Crippen molar-refractivity contribution in [2.45, 2.75) is 62.6 Å². The van der Waals surface area contributed by atoms with Crippen LogP contribution in [-0.2, 0) is 17.7 Å². The Kier molecular flexibility index (Phi) is 5.90. The molecule has 1 saturated carbocycles. The van der Waals surface area contributed by atoms with Gasteiger partial charge in [0.05, 0.1) is 5.60 Å². The number of benzene rings is 1. The second-order valence-electron chi connectivity index (χ2n) is 9.68. The third kappa shape index (κ3) is 4.32. The van der Waals surface area contributed by atoms with Crippen LogP contribution in [0.3, 0.4) is 0 Å². The van der Waals surface area contributed by atoms with Gasteiger partial charge >= 0.3 is 0 Å². The number of nitrogens with zero attached hydrogens (tertiary/aromatic N) is 3. The third-order valence-electron chi connectivity index (χ3n) is 7.69. The molecule has 2 aromatic rings. The summed E-state index contributed by atoms with van der Waals surface area (Å²) in [5, 5.41) is 0. The van der Waals surface area contributed by atoms with E-state index in [4.69, 9.17) is 4.74 Å². The molecule has 3 fully saturated rings. The topological polar surface area (TPSA) is 28.6 Å². The summed E-state index contributed by atoms with van der Waals surface area (Å²) in [6, 6.07) is 15.4. The maximum atomic E-state index is 6.47. The highest BCUT2D eigenvalue weighted by Crippen LogP contribution is 2.47. The highest BCUT2D eigenvalue weighted by atomic mass is 16.5. The second-order valence-corrected chi connectivity index (χ2v) is 9.68. The van der Waals surface area contributed by atoms with Crippen molar-refractivity contribution in [3.63, 3.8) is 0 Å². The molecule has 0 bridgehead atoms. The summed E-state index contributed by atoms with van der Waals surface area (Å²) in [6.45, 7) is 6.52. The maximum Gasteiger partial charge on any atom is 0.0700 e. The van der Waals surface area contributed by atoms with Crippen molar-refractivity contribution in [1.82, 2.24) is 14.8 Å². The van der Waals surface area contributed by atoms with Crippen LogP contribution in [-0.4, -0.2) is 58.7 Å². The summed E-state index contributed by atoms with van der Waals surface area (Å²) in [6.07, 6.45) is 12.6. The van der Waals surface area contributed by atoms with Gasteiger partial charge in [-0.2, -0.15) is 0 Å². The maximum absolute atomic E-state index is 6.47. The van der Waals surface area contributed by atoms with Crippen molar-refractivity contribution in [3.05, 3.63) is 66.0 Å². The minimum Gasteiger partial charge on any atom is -0.375 e. The fourth-order valence-electron chi connectivity index (χ4n) is 6.18. The lowest BCUT2D eigenvalue weighted by Gasteiger charge is -2.54. The van der Waals surface area contributed by atoms with Crippen LogP contribution in [0.25, 0.3) is 0 Å². The molecule has 0 amide bonds. The Hall–Kier alpha value is -1.75. The molecule has 3 aliphatic rings. The summed E-state index contributed by atoms with van der Waals surface area (Å²) < 4.78 is 6.47. The molecule has 0 radical (unpaired) electrons. The number of hydrogen-bond donors (Lipinski definition) is 0. The monoisotopic (exact) mass is 405 g/mol. The van der Waals surface area contributed by atoms with Crippen LogP contribution in [0.2, 0.25) is 0 Å². The molecule has 2 aliphatic heterocycles. The first-order valence-corrected chi connectivity index (χ1v) is 11.8. The van der Waals surface area contributed by atoms with E-state index < -0.39 is 0 Å². The SMILES string of the molecule is c1ccc(CC2(N3CCN(Cc4cccnc4)CC3)CCOC3(CCCC3)C2)cc1. The lowest BCUT2D eigenvalue weighted by Crippen LogP contribution is -2.63. The predicted octanol–water partition coefficient (Wildman–Crippen LogP) is 4.30. The molecule has 1 aliphatic carbocycles. The molecule has 1 atom stereocenters. The number of ether oxygens (including phenoxy) is 1. The average molecular weight is 406 g/mol. The molecule has 4 nitrogen and oxygen atoms in total. The van der Waals surface area contributed by atoms with E-state index in [1.807, 2.05) is 18.5 Å². The summed E-state index contributed by atoms with van der Waals surface area (Å²) in [5.74, 6) is 0. The zero-order valence-corrected chi connectivity index (χ0v) is 18.1. The molecular weight excluding hydrogens is 370 g/mol. The number of aromatic nitrogens is 1. The first kappa shape index (κ1) is 20.2. The van der Waals surface area contributed by atoms with Crippen LogP contribution < -0.4 is 0 Å². The van der Waals surface area contributed by atoms with Gasteiger partial charge in [-0.15, -0.1) is 0 Å². The van der Waals surface area contributed by atoms with Crippen LogP contribution in [0, 0.1) is 0 Å². The van der Waals surface area contributed by atoms with E-state index in [9.17, 15) is 0 Å². The Labute approximate surface area is 181 Å². The Balaban J connectivity index is 1.32. The lowest BCUT2D eigenvalue weighted by atomic mass is 9.73. The molecule has 30 heavy (non-hydrogen) atoms. The van der Waals surface area contributed by atoms with Crippen LogP contribution in [0.4, 0.5) is 0 Å². The second kappa shape index (κ2) is 8.78. The average Bonchev–Trinajstić information content (AvgIpc) is 3.23. The molecule has 2 saturated heterocycles. The first-order valence-electron chi connectivity index (χ1n) is 11.8. The molecule has 4 heteroatoms. The number of rotatable bonds is 5. The fraction of sp³-hybridized carbons (Fsp3) is 0.577. The van der Waals surface area contributed by atoms with Crippen LogP contribution in [0.1, 0.15) is 49.7 Å². The first-order chi connectivity index (χ1) is 14.8. The Morgan fingerprint density at radius 3 is 2.37 bits per heavy atom. The van der Waals surface area contributed by atoms with Crippen molar-refractivity contribution < 1.29 is 4.74 Å². The largest absolute Gasteiger partial charge is 0.375 e. The predicted molar refractivity (Wildman–Crippen MR) is 120 cm³/mol. The van der Waals surface area contributed by atoms with E-state index in [1.165, 1.54) is 43.2 Å². The Morgan fingerprint density at radius 2 is 1.63 bits per heavy atom. The smallest absolute Gasteiger partial charge is 0.0700 e. The summed E-state index contributed by atoms with van der Waals surface area (Å²) in [5.41, 5.74) is 3.18. The van der Waals surface area contributed by atoms with E-state index in [0.29, 0.717) is 0 Å². The minimum absolute atomic E-state index is 0.139. The van der Waals surface area contributed by atoms with Gasteiger partial charge in [0, 0.05) is 57.3 Å². The molecule has 1 aromatic heterocycles. The van der Waals surface area contributed by atoms with Gasteiger partial charge < -0.3 is 4.74 Å². The van der Waals surface area contributed by atoms with E-state index in [0.717, 1.165) is 52.2 Å². The Morgan fingerprint density at radius 1 is 0.867 bits per heavy atom. The highest BCUT2D eigenvalue weighted by molar-refractivity contribution is 5.20. The number of hydrogen-bond acceptors (Lipinski definition) is 4. The minimum atomic E-state index is 0.139. The molecule has 1 spiro atoms. The van der Waals surface area contributed by atoms with Crippen molar-refractivity contribution in [2.24, 2.45) is 0 Å². The summed E-state index contributed by atoms with van der Waals surface area (Å²) in [7, 11) is 0. The molecule has 1 unspecified atom stereocenters. The molecule has 3 heterocycles. The zero-order chi connectivity index (χ0) is 20.3. The van der Waals surface area contributed by atoms with Gasteiger partial charge in [0.15, 0.2) is 0 Å². The zero-order valence-electron chi connectivity index (χ0n) is 18.1. The summed E-state index contributed by atoms with van der Waals surface area (Å²) in [4.78, 5) is 9.71. The van der Waals surface area contributed by atoms with Gasteiger partial charge in [0.1, 0.15) is 0 Å². The van der Waals surface area contributed by atoms with E-state index >= 15 is 0 Å². The van der Waals surface area contributed by atoms with Gasteiger partial charge in [-0.05, 0) is 49.3 Å².